The van der Waals surface area contributed by atoms with E-state index in [9.17, 15) is 14.3 Å². The Balaban J connectivity index is 1.78. The van der Waals surface area contributed by atoms with Crippen LogP contribution in [0.1, 0.15) is 53.6 Å². The van der Waals surface area contributed by atoms with Crippen LogP contribution in [0.2, 0.25) is 0 Å². The third-order valence-corrected chi connectivity index (χ3v) is 4.79. The maximum absolute atomic E-state index is 13.6. The number of hydrogen-bond donors (Lipinski definition) is 2. The topological polar surface area (TPSA) is 71.5 Å². The summed E-state index contributed by atoms with van der Waals surface area (Å²) in [5.41, 5.74) is 2.13. The molecule has 0 spiro atoms. The number of hydrogen-bond acceptors (Lipinski definition) is 4. The molecule has 2 aromatic rings. The van der Waals surface area contributed by atoms with E-state index in [2.05, 4.69) is 10.3 Å². The number of benzene rings is 1. The fraction of sp³-hybridized carbons (Fsp3) is 0.400. The van der Waals surface area contributed by atoms with Crippen LogP contribution in [0.25, 0.3) is 0 Å². The van der Waals surface area contributed by atoms with E-state index in [0.29, 0.717) is 11.1 Å². The monoisotopic (exact) mass is 358 g/mol. The first-order valence-electron chi connectivity index (χ1n) is 8.63. The molecule has 1 amide bonds. The van der Waals surface area contributed by atoms with Crippen LogP contribution in [0.5, 0.6) is 5.75 Å². The fourth-order valence-electron chi connectivity index (χ4n) is 3.25. The highest BCUT2D eigenvalue weighted by molar-refractivity contribution is 5.94. The van der Waals surface area contributed by atoms with Crippen molar-refractivity contribution in [2.45, 2.75) is 44.8 Å². The lowest BCUT2D eigenvalue weighted by molar-refractivity contribution is 0.0633. The largest absolute Gasteiger partial charge is 0.494 e. The second-order valence-corrected chi connectivity index (χ2v) is 7.16. The molecule has 1 unspecified atom stereocenters. The number of rotatable bonds is 5. The van der Waals surface area contributed by atoms with Crippen molar-refractivity contribution >= 4 is 5.91 Å². The predicted molar refractivity (Wildman–Crippen MR) is 95.7 cm³/mol. The molecule has 0 bridgehead atoms. The van der Waals surface area contributed by atoms with Crippen LogP contribution in [0.4, 0.5) is 4.39 Å². The number of aromatic nitrogens is 1. The molecule has 6 heteroatoms. The highest BCUT2D eigenvalue weighted by Gasteiger charge is 2.32. The maximum Gasteiger partial charge on any atom is 0.253 e. The van der Waals surface area contributed by atoms with E-state index in [4.69, 9.17) is 4.74 Å². The normalized spacial score (nSPS) is 14.7. The standard InChI is InChI=1S/C20H23FN2O3/c1-20(2,18(24)13-7-8-15(21)17(10-13)26-3)23-19(25)14-9-12-5-4-6-16(12)22-11-14/h7-11,18,24H,4-6H2,1-3H3,(H,23,25). The summed E-state index contributed by atoms with van der Waals surface area (Å²) < 4.78 is 18.5. The van der Waals surface area contributed by atoms with Gasteiger partial charge in [0.05, 0.1) is 18.2 Å². The zero-order valence-electron chi connectivity index (χ0n) is 15.2. The average Bonchev–Trinajstić information content (AvgIpc) is 3.08. The number of aryl methyl sites for hydroxylation is 2. The molecule has 26 heavy (non-hydrogen) atoms. The highest BCUT2D eigenvalue weighted by Crippen LogP contribution is 2.30. The minimum absolute atomic E-state index is 0.0477. The van der Waals surface area contributed by atoms with E-state index in [1.54, 1.807) is 20.0 Å². The summed E-state index contributed by atoms with van der Waals surface area (Å²) in [4.78, 5) is 17.0. The number of amides is 1. The van der Waals surface area contributed by atoms with Crippen LogP contribution >= 0.6 is 0 Å². The van der Waals surface area contributed by atoms with Crippen molar-refractivity contribution in [1.29, 1.82) is 0 Å². The number of halogens is 1. The van der Waals surface area contributed by atoms with E-state index in [0.717, 1.165) is 30.5 Å². The first-order valence-corrected chi connectivity index (χ1v) is 8.63. The number of fused-ring (bicyclic) bond motifs is 1. The summed E-state index contributed by atoms with van der Waals surface area (Å²) in [6, 6.07) is 6.02. The Kier molecular flexibility index (Phi) is 4.96. The number of carbonyl (C=O) groups is 1. The third-order valence-electron chi connectivity index (χ3n) is 4.79. The Labute approximate surface area is 152 Å². The van der Waals surface area contributed by atoms with Gasteiger partial charge in [0.1, 0.15) is 6.10 Å². The van der Waals surface area contributed by atoms with Crippen LogP contribution in [0, 0.1) is 5.82 Å². The van der Waals surface area contributed by atoms with Gasteiger partial charge in [-0.3, -0.25) is 9.78 Å². The van der Waals surface area contributed by atoms with Gasteiger partial charge < -0.3 is 15.2 Å². The molecular formula is C20H23FN2O3. The van der Waals surface area contributed by atoms with Gasteiger partial charge in [-0.1, -0.05) is 6.07 Å². The van der Waals surface area contributed by atoms with Crippen LogP contribution in [0.15, 0.2) is 30.5 Å². The smallest absolute Gasteiger partial charge is 0.253 e. The van der Waals surface area contributed by atoms with Gasteiger partial charge in [-0.2, -0.15) is 0 Å². The highest BCUT2D eigenvalue weighted by atomic mass is 19.1. The van der Waals surface area contributed by atoms with Gasteiger partial charge in [0.25, 0.3) is 5.91 Å². The van der Waals surface area contributed by atoms with Gasteiger partial charge in [0.15, 0.2) is 11.6 Å². The van der Waals surface area contributed by atoms with Crippen molar-refractivity contribution in [3.8, 4) is 5.75 Å². The van der Waals surface area contributed by atoms with Gasteiger partial charge in [-0.25, -0.2) is 4.39 Å². The molecule has 1 aliphatic carbocycles. The molecule has 1 aromatic carbocycles. The number of nitrogens with one attached hydrogen (secondary N) is 1. The van der Waals surface area contributed by atoms with Gasteiger partial charge in [0, 0.05) is 11.9 Å². The van der Waals surface area contributed by atoms with Crippen molar-refractivity contribution < 1.29 is 19.0 Å². The lowest BCUT2D eigenvalue weighted by Gasteiger charge is -2.32. The molecule has 1 aliphatic rings. The summed E-state index contributed by atoms with van der Waals surface area (Å²) in [5.74, 6) is -0.758. The molecule has 1 atom stereocenters. The second-order valence-electron chi connectivity index (χ2n) is 7.16. The molecule has 3 rings (SSSR count). The third kappa shape index (κ3) is 3.55. The van der Waals surface area contributed by atoms with E-state index in [-0.39, 0.29) is 11.7 Å². The van der Waals surface area contributed by atoms with Crippen LogP contribution in [-0.4, -0.2) is 28.6 Å². The number of nitrogens with zero attached hydrogens (tertiary/aromatic N) is 1. The minimum Gasteiger partial charge on any atom is -0.494 e. The van der Waals surface area contributed by atoms with Crippen molar-refractivity contribution in [2.24, 2.45) is 0 Å². The maximum atomic E-state index is 13.6. The van der Waals surface area contributed by atoms with E-state index < -0.39 is 17.5 Å². The number of methoxy groups -OCH3 is 1. The number of aliphatic hydroxyl groups excluding tert-OH is 1. The molecule has 0 radical (unpaired) electrons. The first-order chi connectivity index (χ1) is 12.3. The van der Waals surface area contributed by atoms with Gasteiger partial charge in [0.2, 0.25) is 0 Å². The van der Waals surface area contributed by atoms with Crippen LogP contribution < -0.4 is 10.1 Å². The Morgan fingerprint density at radius 3 is 2.85 bits per heavy atom. The summed E-state index contributed by atoms with van der Waals surface area (Å²) in [5, 5.41) is 13.6. The molecule has 5 nitrogen and oxygen atoms in total. The van der Waals surface area contributed by atoms with Crippen molar-refractivity contribution in [2.75, 3.05) is 7.11 Å². The Hall–Kier alpha value is -2.47. The van der Waals surface area contributed by atoms with Crippen LogP contribution in [-0.2, 0) is 12.8 Å². The quantitative estimate of drug-likeness (QED) is 0.862. The number of carbonyl (C=O) groups excluding carboxylic acids is 1. The van der Waals surface area contributed by atoms with E-state index >= 15 is 0 Å². The molecule has 0 aliphatic heterocycles. The SMILES string of the molecule is COc1cc(C(O)C(C)(C)NC(=O)c2cnc3c(c2)CCC3)ccc1F. The Bertz CT molecular complexity index is 836. The minimum atomic E-state index is -1.04. The molecule has 1 heterocycles. The molecule has 2 N–H and O–H groups in total. The first kappa shape index (κ1) is 18.3. The fourth-order valence-corrected chi connectivity index (χ4v) is 3.25. The summed E-state index contributed by atoms with van der Waals surface area (Å²) >= 11 is 0. The summed E-state index contributed by atoms with van der Waals surface area (Å²) in [6.07, 6.45) is 3.48. The van der Waals surface area contributed by atoms with Gasteiger partial charge in [-0.15, -0.1) is 0 Å². The van der Waals surface area contributed by atoms with Crippen molar-refractivity contribution in [3.05, 3.63) is 58.7 Å². The molecule has 0 saturated heterocycles. The van der Waals surface area contributed by atoms with Crippen molar-refractivity contribution in [3.63, 3.8) is 0 Å². The summed E-state index contributed by atoms with van der Waals surface area (Å²) in [7, 11) is 1.36. The van der Waals surface area contributed by atoms with E-state index in [1.165, 1.54) is 25.3 Å². The molecule has 0 saturated carbocycles. The molecule has 138 valence electrons. The second kappa shape index (κ2) is 7.03. The predicted octanol–water partition coefficient (Wildman–Crippen LogP) is 2.96. The Morgan fingerprint density at radius 2 is 2.12 bits per heavy atom. The summed E-state index contributed by atoms with van der Waals surface area (Å²) in [6.45, 7) is 3.43. The van der Waals surface area contributed by atoms with Crippen LogP contribution in [0.3, 0.4) is 0 Å². The van der Waals surface area contributed by atoms with Crippen molar-refractivity contribution in [1.82, 2.24) is 10.3 Å². The zero-order chi connectivity index (χ0) is 18.9. The lowest BCUT2D eigenvalue weighted by Crippen LogP contribution is -2.48. The van der Waals surface area contributed by atoms with Gasteiger partial charge in [-0.05, 0) is 62.4 Å². The Morgan fingerprint density at radius 1 is 1.35 bits per heavy atom. The zero-order valence-corrected chi connectivity index (χ0v) is 15.2. The number of aliphatic hydroxyl groups is 1. The number of pyridine rings is 1. The average molecular weight is 358 g/mol. The molecular weight excluding hydrogens is 335 g/mol. The number of ether oxygens (including phenoxy) is 1. The lowest BCUT2D eigenvalue weighted by atomic mass is 9.90. The van der Waals surface area contributed by atoms with Gasteiger partial charge >= 0.3 is 0 Å². The molecule has 0 fully saturated rings. The van der Waals surface area contributed by atoms with E-state index in [1.807, 2.05) is 6.07 Å². The molecule has 1 aromatic heterocycles.